The van der Waals surface area contributed by atoms with Crippen LogP contribution in [0.4, 0.5) is 0 Å². The molecule has 0 fully saturated rings. The van der Waals surface area contributed by atoms with Crippen molar-refractivity contribution >= 4 is 6.08 Å². The molecule has 0 aliphatic carbocycles. The molecule has 64 valence electrons. The first-order valence-electron chi connectivity index (χ1n) is 4.07. The summed E-state index contributed by atoms with van der Waals surface area (Å²) in [5.74, 6) is 0. The Kier molecular flexibility index (Phi) is 3.05. The molecule has 0 bridgehead atoms. The molecule has 0 N–H and O–H groups in total. The highest BCUT2D eigenvalue weighted by Gasteiger charge is 1.90. The van der Waals surface area contributed by atoms with Crippen LogP contribution in [0, 0.1) is 18.3 Å². The molecule has 0 aromatic heterocycles. The molecule has 0 amide bonds. The van der Waals surface area contributed by atoms with Crippen molar-refractivity contribution < 1.29 is 0 Å². The predicted octanol–water partition coefficient (Wildman–Crippen LogP) is 3.09. The number of benzene rings is 1. The highest BCUT2D eigenvalue weighted by molar-refractivity contribution is 5.60. The summed E-state index contributed by atoms with van der Waals surface area (Å²) in [7, 11) is 0. The SMILES string of the molecule is C=C/C(C#N)=C\c1ccc(C)cc1. The summed E-state index contributed by atoms with van der Waals surface area (Å²) in [6, 6.07) is 10.1. The smallest absolute Gasteiger partial charge is 0.0991 e. The van der Waals surface area contributed by atoms with E-state index in [1.807, 2.05) is 37.3 Å². The van der Waals surface area contributed by atoms with Gasteiger partial charge in [0, 0.05) is 0 Å². The third-order valence-electron chi connectivity index (χ3n) is 1.75. The first-order chi connectivity index (χ1) is 6.26. The van der Waals surface area contributed by atoms with Gasteiger partial charge in [0.05, 0.1) is 11.6 Å². The van der Waals surface area contributed by atoms with Gasteiger partial charge >= 0.3 is 0 Å². The van der Waals surface area contributed by atoms with E-state index in [1.165, 1.54) is 5.56 Å². The predicted molar refractivity (Wildman–Crippen MR) is 55.0 cm³/mol. The minimum atomic E-state index is 0.587. The molecule has 0 saturated carbocycles. The summed E-state index contributed by atoms with van der Waals surface area (Å²) >= 11 is 0. The first kappa shape index (κ1) is 9.28. The van der Waals surface area contributed by atoms with Gasteiger partial charge in [0.2, 0.25) is 0 Å². The molecule has 0 spiro atoms. The summed E-state index contributed by atoms with van der Waals surface area (Å²) in [6.45, 7) is 5.59. The summed E-state index contributed by atoms with van der Waals surface area (Å²) < 4.78 is 0. The topological polar surface area (TPSA) is 23.8 Å². The van der Waals surface area contributed by atoms with Gasteiger partial charge in [-0.15, -0.1) is 0 Å². The third kappa shape index (κ3) is 2.61. The van der Waals surface area contributed by atoms with E-state index >= 15 is 0 Å². The Bertz CT molecular complexity index is 363. The summed E-state index contributed by atoms with van der Waals surface area (Å²) in [5.41, 5.74) is 2.83. The highest BCUT2D eigenvalue weighted by Crippen LogP contribution is 2.08. The maximum atomic E-state index is 8.65. The average Bonchev–Trinajstić information content (AvgIpc) is 2.17. The van der Waals surface area contributed by atoms with Crippen LogP contribution in [0.25, 0.3) is 6.08 Å². The van der Waals surface area contributed by atoms with Crippen LogP contribution in [0.2, 0.25) is 0 Å². The molecule has 1 aromatic rings. The number of rotatable bonds is 2. The maximum Gasteiger partial charge on any atom is 0.0991 e. The van der Waals surface area contributed by atoms with Crippen LogP contribution < -0.4 is 0 Å². The Morgan fingerprint density at radius 3 is 2.46 bits per heavy atom. The maximum absolute atomic E-state index is 8.65. The van der Waals surface area contributed by atoms with Crippen molar-refractivity contribution in [1.29, 1.82) is 5.26 Å². The summed E-state index contributed by atoms with van der Waals surface area (Å²) in [6.07, 6.45) is 3.37. The van der Waals surface area contributed by atoms with Gasteiger partial charge in [0.15, 0.2) is 0 Å². The van der Waals surface area contributed by atoms with Crippen molar-refractivity contribution in [1.82, 2.24) is 0 Å². The van der Waals surface area contributed by atoms with Gasteiger partial charge in [-0.25, -0.2) is 0 Å². The molecule has 0 saturated heterocycles. The van der Waals surface area contributed by atoms with Crippen LogP contribution in [0.15, 0.2) is 42.5 Å². The van der Waals surface area contributed by atoms with Crippen LogP contribution in [-0.4, -0.2) is 0 Å². The van der Waals surface area contributed by atoms with Gasteiger partial charge in [-0.1, -0.05) is 42.5 Å². The molecule has 0 unspecified atom stereocenters. The van der Waals surface area contributed by atoms with E-state index in [4.69, 9.17) is 5.26 Å². The highest BCUT2D eigenvalue weighted by atomic mass is 14.2. The van der Waals surface area contributed by atoms with Gasteiger partial charge < -0.3 is 0 Å². The van der Waals surface area contributed by atoms with Gasteiger partial charge in [-0.3, -0.25) is 0 Å². The molecule has 1 rings (SSSR count). The summed E-state index contributed by atoms with van der Waals surface area (Å²) in [4.78, 5) is 0. The van der Waals surface area contributed by atoms with Gasteiger partial charge in [0.1, 0.15) is 0 Å². The molecule has 1 aromatic carbocycles. The zero-order chi connectivity index (χ0) is 9.68. The van der Waals surface area contributed by atoms with E-state index in [9.17, 15) is 0 Å². The van der Waals surface area contributed by atoms with Gasteiger partial charge in [0.25, 0.3) is 0 Å². The molecular formula is C12H11N. The number of allylic oxidation sites excluding steroid dienone is 2. The first-order valence-corrected chi connectivity index (χ1v) is 4.07. The molecule has 1 nitrogen and oxygen atoms in total. The van der Waals surface area contributed by atoms with Crippen molar-refractivity contribution in [3.05, 3.63) is 53.6 Å². The van der Waals surface area contributed by atoms with Gasteiger partial charge in [-0.05, 0) is 18.6 Å². The fourth-order valence-corrected chi connectivity index (χ4v) is 0.979. The van der Waals surface area contributed by atoms with E-state index < -0.39 is 0 Å². The second-order valence-corrected chi connectivity index (χ2v) is 2.83. The second-order valence-electron chi connectivity index (χ2n) is 2.83. The van der Waals surface area contributed by atoms with Crippen molar-refractivity contribution in [3.8, 4) is 6.07 Å². The van der Waals surface area contributed by atoms with E-state index in [0.717, 1.165) is 5.56 Å². The fraction of sp³-hybridized carbons (Fsp3) is 0.0833. The minimum Gasteiger partial charge on any atom is -0.192 e. The molecule has 0 radical (unpaired) electrons. The zero-order valence-corrected chi connectivity index (χ0v) is 7.62. The van der Waals surface area contributed by atoms with Crippen LogP contribution in [-0.2, 0) is 0 Å². The van der Waals surface area contributed by atoms with E-state index in [0.29, 0.717) is 5.57 Å². The minimum absolute atomic E-state index is 0.587. The van der Waals surface area contributed by atoms with Crippen LogP contribution in [0.5, 0.6) is 0 Å². The molecule has 1 heteroatoms. The van der Waals surface area contributed by atoms with Gasteiger partial charge in [-0.2, -0.15) is 5.26 Å². The molecule has 13 heavy (non-hydrogen) atoms. The lowest BCUT2D eigenvalue weighted by Crippen LogP contribution is -1.76. The molecule has 0 aliphatic rings. The monoisotopic (exact) mass is 169 g/mol. The lowest BCUT2D eigenvalue weighted by Gasteiger charge is -1.94. The van der Waals surface area contributed by atoms with Crippen molar-refractivity contribution in [2.45, 2.75) is 6.92 Å². The average molecular weight is 169 g/mol. The Morgan fingerprint density at radius 1 is 1.38 bits per heavy atom. The number of nitriles is 1. The van der Waals surface area contributed by atoms with Crippen LogP contribution in [0.3, 0.4) is 0 Å². The second kappa shape index (κ2) is 4.27. The van der Waals surface area contributed by atoms with Crippen molar-refractivity contribution in [3.63, 3.8) is 0 Å². The van der Waals surface area contributed by atoms with E-state index in [2.05, 4.69) is 12.6 Å². The van der Waals surface area contributed by atoms with Crippen molar-refractivity contribution in [2.75, 3.05) is 0 Å². The van der Waals surface area contributed by atoms with Crippen molar-refractivity contribution in [2.24, 2.45) is 0 Å². The Labute approximate surface area is 78.6 Å². The molecule has 0 heterocycles. The Morgan fingerprint density at radius 2 is 2.00 bits per heavy atom. The largest absolute Gasteiger partial charge is 0.192 e. The molecule has 0 aliphatic heterocycles. The summed E-state index contributed by atoms with van der Waals surface area (Å²) in [5, 5.41) is 8.65. The van der Waals surface area contributed by atoms with E-state index in [-0.39, 0.29) is 0 Å². The molecular weight excluding hydrogens is 158 g/mol. The molecule has 0 atom stereocenters. The lowest BCUT2D eigenvalue weighted by molar-refractivity contribution is 1.46. The third-order valence-corrected chi connectivity index (χ3v) is 1.75. The number of aryl methyl sites for hydroxylation is 1. The fourth-order valence-electron chi connectivity index (χ4n) is 0.979. The van der Waals surface area contributed by atoms with Crippen LogP contribution in [0.1, 0.15) is 11.1 Å². The number of nitrogens with zero attached hydrogens (tertiary/aromatic N) is 1. The number of hydrogen-bond donors (Lipinski definition) is 0. The van der Waals surface area contributed by atoms with E-state index in [1.54, 1.807) is 6.08 Å². The Balaban J connectivity index is 2.98. The van der Waals surface area contributed by atoms with Crippen LogP contribution >= 0.6 is 0 Å². The number of hydrogen-bond acceptors (Lipinski definition) is 1. The quantitative estimate of drug-likeness (QED) is 0.493. The Hall–Kier alpha value is -1.81. The normalized spacial score (nSPS) is 10.6. The lowest BCUT2D eigenvalue weighted by atomic mass is 10.1. The standard InChI is InChI=1S/C12H11N/c1-3-11(9-13)8-12-6-4-10(2)5-7-12/h3-8H,1H2,2H3/b11-8+. The zero-order valence-electron chi connectivity index (χ0n) is 7.62.